The van der Waals surface area contributed by atoms with Crippen LogP contribution in [0.4, 0.5) is 20.3 Å². The third-order valence-electron chi connectivity index (χ3n) is 4.67. The van der Waals surface area contributed by atoms with Crippen molar-refractivity contribution < 1.29 is 13.6 Å². The summed E-state index contributed by atoms with van der Waals surface area (Å²) in [5.41, 5.74) is 3.68. The van der Waals surface area contributed by atoms with Gasteiger partial charge in [-0.25, -0.2) is 13.8 Å². The largest absolute Gasteiger partial charge is 0.366 e. The number of amides is 1. The number of carbonyl (C=O) groups excluding carboxylic acids is 1. The first-order chi connectivity index (χ1) is 13.1. The number of fused-ring (bicyclic) bond motifs is 1. The highest BCUT2D eigenvalue weighted by Crippen LogP contribution is 2.24. The summed E-state index contributed by atoms with van der Waals surface area (Å²) in [5, 5.41) is 2.59. The molecule has 0 bridgehead atoms. The molecule has 0 fully saturated rings. The fourth-order valence-corrected chi connectivity index (χ4v) is 3.19. The summed E-state index contributed by atoms with van der Waals surface area (Å²) >= 11 is 0. The van der Waals surface area contributed by atoms with Gasteiger partial charge in [0.1, 0.15) is 5.82 Å². The number of carbonyl (C=O) groups is 1. The van der Waals surface area contributed by atoms with E-state index in [1.807, 2.05) is 12.1 Å². The van der Waals surface area contributed by atoms with E-state index in [2.05, 4.69) is 33.4 Å². The third-order valence-corrected chi connectivity index (χ3v) is 4.67. The molecule has 1 aliphatic heterocycles. The smallest absolute Gasteiger partial charge is 0.256 e. The maximum atomic E-state index is 13.3. The molecule has 1 N–H and O–H groups in total. The van der Waals surface area contributed by atoms with Gasteiger partial charge in [0.25, 0.3) is 5.91 Å². The number of rotatable bonds is 3. The van der Waals surface area contributed by atoms with Crippen LogP contribution in [0.1, 0.15) is 21.5 Å². The lowest BCUT2D eigenvalue weighted by atomic mass is 10.00. The molecule has 0 radical (unpaired) electrons. The second kappa shape index (κ2) is 7.15. The molecule has 0 saturated heterocycles. The van der Waals surface area contributed by atoms with Gasteiger partial charge in [0.05, 0.1) is 11.9 Å². The van der Waals surface area contributed by atoms with E-state index >= 15 is 0 Å². The van der Waals surface area contributed by atoms with Crippen LogP contribution in [0.15, 0.2) is 60.8 Å². The Kier molecular flexibility index (Phi) is 4.54. The molecule has 3 aromatic rings. The van der Waals surface area contributed by atoms with E-state index in [1.165, 1.54) is 17.2 Å². The normalized spacial score (nSPS) is 13.2. The first-order valence-electron chi connectivity index (χ1n) is 8.64. The molecule has 0 saturated carbocycles. The van der Waals surface area contributed by atoms with Crippen molar-refractivity contribution in [2.45, 2.75) is 13.0 Å². The van der Waals surface area contributed by atoms with Gasteiger partial charge < -0.3 is 10.2 Å². The molecule has 0 atom stereocenters. The lowest BCUT2D eigenvalue weighted by molar-refractivity contribution is 0.102. The Hall–Kier alpha value is -3.28. The van der Waals surface area contributed by atoms with Crippen LogP contribution in [-0.4, -0.2) is 17.4 Å². The van der Waals surface area contributed by atoms with Crippen LogP contribution in [0.5, 0.6) is 0 Å². The van der Waals surface area contributed by atoms with Gasteiger partial charge in [-0.05, 0) is 47.9 Å². The number of nitrogens with zero attached hydrogens (tertiary/aromatic N) is 2. The van der Waals surface area contributed by atoms with Crippen LogP contribution in [0, 0.1) is 11.6 Å². The van der Waals surface area contributed by atoms with Gasteiger partial charge in [-0.1, -0.05) is 24.3 Å². The van der Waals surface area contributed by atoms with Crippen molar-refractivity contribution in [3.63, 3.8) is 0 Å². The number of halogens is 2. The number of anilines is 2. The zero-order valence-electron chi connectivity index (χ0n) is 14.5. The second-order valence-electron chi connectivity index (χ2n) is 6.42. The van der Waals surface area contributed by atoms with Crippen LogP contribution < -0.4 is 10.2 Å². The number of nitrogens with one attached hydrogen (secondary N) is 1. The van der Waals surface area contributed by atoms with E-state index in [0.29, 0.717) is 5.82 Å². The van der Waals surface area contributed by atoms with Gasteiger partial charge in [-0.2, -0.15) is 0 Å². The van der Waals surface area contributed by atoms with Gasteiger partial charge >= 0.3 is 0 Å². The Labute approximate surface area is 155 Å². The molecule has 0 aliphatic carbocycles. The van der Waals surface area contributed by atoms with E-state index in [9.17, 15) is 13.6 Å². The molecule has 1 aliphatic rings. The number of benzene rings is 2. The maximum absolute atomic E-state index is 13.3. The van der Waals surface area contributed by atoms with Crippen molar-refractivity contribution >= 4 is 17.4 Å². The van der Waals surface area contributed by atoms with Gasteiger partial charge in [-0.15, -0.1) is 0 Å². The molecule has 2 heterocycles. The molecule has 4 rings (SSSR count). The molecule has 6 heteroatoms. The SMILES string of the molecule is O=C(Nc1ccc(N2CCc3ccccc3C2)cn1)c1ccc(F)c(F)c1. The van der Waals surface area contributed by atoms with Gasteiger partial charge in [0.15, 0.2) is 11.6 Å². The highest BCUT2D eigenvalue weighted by Gasteiger charge is 2.16. The summed E-state index contributed by atoms with van der Waals surface area (Å²) in [6.07, 6.45) is 2.68. The third kappa shape index (κ3) is 3.65. The summed E-state index contributed by atoms with van der Waals surface area (Å²) in [5.74, 6) is -2.24. The average molecular weight is 365 g/mol. The zero-order valence-corrected chi connectivity index (χ0v) is 14.5. The van der Waals surface area contributed by atoms with Gasteiger partial charge in [0, 0.05) is 18.7 Å². The summed E-state index contributed by atoms with van der Waals surface area (Å²) < 4.78 is 26.2. The Morgan fingerprint density at radius 2 is 1.81 bits per heavy atom. The second-order valence-corrected chi connectivity index (χ2v) is 6.42. The van der Waals surface area contributed by atoms with E-state index in [-0.39, 0.29) is 5.56 Å². The lowest BCUT2D eigenvalue weighted by Crippen LogP contribution is -2.30. The highest BCUT2D eigenvalue weighted by atomic mass is 19.2. The van der Waals surface area contributed by atoms with Crippen molar-refractivity contribution in [2.24, 2.45) is 0 Å². The predicted octanol–water partition coefficient (Wildman–Crippen LogP) is 4.17. The average Bonchev–Trinajstić information content (AvgIpc) is 2.70. The lowest BCUT2D eigenvalue weighted by Gasteiger charge is -2.30. The van der Waals surface area contributed by atoms with E-state index in [0.717, 1.165) is 37.3 Å². The minimum atomic E-state index is -1.06. The highest BCUT2D eigenvalue weighted by molar-refractivity contribution is 6.03. The minimum Gasteiger partial charge on any atom is -0.366 e. The van der Waals surface area contributed by atoms with Crippen LogP contribution in [-0.2, 0) is 13.0 Å². The van der Waals surface area contributed by atoms with E-state index < -0.39 is 17.5 Å². The van der Waals surface area contributed by atoms with E-state index in [4.69, 9.17) is 0 Å². The quantitative estimate of drug-likeness (QED) is 0.758. The first-order valence-corrected chi connectivity index (χ1v) is 8.64. The standard InChI is InChI=1S/C21H17F2N3O/c22-18-7-5-15(11-19(18)23)21(27)25-20-8-6-17(12-24-20)26-10-9-14-3-1-2-4-16(14)13-26/h1-8,11-12H,9-10,13H2,(H,24,25,27). The predicted molar refractivity (Wildman–Crippen MR) is 99.7 cm³/mol. The van der Waals surface area contributed by atoms with Crippen LogP contribution in [0.2, 0.25) is 0 Å². The maximum Gasteiger partial charge on any atom is 0.256 e. The monoisotopic (exact) mass is 365 g/mol. The van der Waals surface area contributed by atoms with Crippen molar-refractivity contribution in [1.29, 1.82) is 0 Å². The molecule has 2 aromatic carbocycles. The fraction of sp³-hybridized carbons (Fsp3) is 0.143. The van der Waals surface area contributed by atoms with Crippen molar-refractivity contribution in [2.75, 3.05) is 16.8 Å². The first kappa shape index (κ1) is 17.1. The van der Waals surface area contributed by atoms with Gasteiger partial charge in [-0.3, -0.25) is 4.79 Å². The summed E-state index contributed by atoms with van der Waals surface area (Å²) in [6.45, 7) is 1.72. The minimum absolute atomic E-state index is 0.0346. The fourth-order valence-electron chi connectivity index (χ4n) is 3.19. The Morgan fingerprint density at radius 3 is 2.56 bits per heavy atom. The van der Waals surface area contributed by atoms with Gasteiger partial charge in [0.2, 0.25) is 0 Å². The van der Waals surface area contributed by atoms with Crippen LogP contribution in [0.25, 0.3) is 0 Å². The zero-order chi connectivity index (χ0) is 18.8. The van der Waals surface area contributed by atoms with Crippen LogP contribution in [0.3, 0.4) is 0 Å². The molecule has 0 unspecified atom stereocenters. The number of hydrogen-bond acceptors (Lipinski definition) is 3. The Bertz CT molecular complexity index is 989. The molecule has 136 valence electrons. The number of pyridine rings is 1. The number of hydrogen-bond donors (Lipinski definition) is 1. The molecule has 27 heavy (non-hydrogen) atoms. The summed E-state index contributed by atoms with van der Waals surface area (Å²) in [4.78, 5) is 18.7. The van der Waals surface area contributed by atoms with Crippen molar-refractivity contribution in [3.05, 3.63) is 89.1 Å². The molecular formula is C21H17F2N3O. The van der Waals surface area contributed by atoms with Crippen molar-refractivity contribution in [3.8, 4) is 0 Å². The molecule has 1 aromatic heterocycles. The molecule has 4 nitrogen and oxygen atoms in total. The van der Waals surface area contributed by atoms with Crippen molar-refractivity contribution in [1.82, 2.24) is 4.98 Å². The molecular weight excluding hydrogens is 348 g/mol. The Balaban J connectivity index is 1.45. The van der Waals surface area contributed by atoms with E-state index in [1.54, 1.807) is 12.3 Å². The number of aromatic nitrogens is 1. The summed E-state index contributed by atoms with van der Waals surface area (Å²) in [7, 11) is 0. The van der Waals surface area contributed by atoms with Crippen LogP contribution >= 0.6 is 0 Å². The Morgan fingerprint density at radius 1 is 1.00 bits per heavy atom. The molecule has 1 amide bonds. The molecule has 0 spiro atoms. The topological polar surface area (TPSA) is 45.2 Å². The summed E-state index contributed by atoms with van der Waals surface area (Å²) in [6, 6.07) is 15.0.